The molecule has 0 aromatic heterocycles. The van der Waals surface area contributed by atoms with Gasteiger partial charge >= 0.3 is 0 Å². The molecule has 56 valence electrons. The molecule has 0 aliphatic rings. The van der Waals surface area contributed by atoms with E-state index < -0.39 is 0 Å². The molecule has 0 spiro atoms. The van der Waals surface area contributed by atoms with Crippen molar-refractivity contribution >= 4 is 11.8 Å². The zero-order valence-corrected chi connectivity index (χ0v) is 6.66. The molecule has 0 saturated carbocycles. The molecule has 3 heteroatoms. The van der Waals surface area contributed by atoms with E-state index in [4.69, 9.17) is 10.8 Å². The molecule has 0 radical (unpaired) electrons. The van der Waals surface area contributed by atoms with E-state index >= 15 is 0 Å². The molecule has 0 aromatic rings. The Morgan fingerprint density at radius 1 is 1.56 bits per heavy atom. The van der Waals surface area contributed by atoms with Crippen molar-refractivity contribution in [2.45, 2.75) is 19.4 Å². The predicted molar refractivity (Wildman–Crippen MR) is 42.7 cm³/mol. The lowest BCUT2D eigenvalue weighted by molar-refractivity contribution is 0.322. The van der Waals surface area contributed by atoms with Crippen molar-refractivity contribution in [1.29, 1.82) is 0 Å². The fourth-order valence-electron chi connectivity index (χ4n) is 0.436. The predicted octanol–water partition coefficient (Wildman–Crippen LogP) is 0.449. The van der Waals surface area contributed by atoms with Gasteiger partial charge in [0.2, 0.25) is 0 Å². The molecule has 1 atom stereocenters. The number of thioether (sulfide) groups is 1. The van der Waals surface area contributed by atoms with Crippen molar-refractivity contribution in [3.63, 3.8) is 0 Å². The minimum atomic E-state index is 0.281. The van der Waals surface area contributed by atoms with Gasteiger partial charge in [-0.15, -0.1) is 0 Å². The summed E-state index contributed by atoms with van der Waals surface area (Å²) in [6.07, 6.45) is 1.05. The van der Waals surface area contributed by atoms with Crippen LogP contribution in [0.2, 0.25) is 0 Å². The Balaban J connectivity index is 2.75. The second kappa shape index (κ2) is 6.39. The molecule has 2 nitrogen and oxygen atoms in total. The fraction of sp³-hybridized carbons (Fsp3) is 1.00. The Hall–Kier alpha value is 0.270. The monoisotopic (exact) mass is 149 g/mol. The molecule has 9 heavy (non-hydrogen) atoms. The quantitative estimate of drug-likeness (QED) is 0.558. The van der Waals surface area contributed by atoms with Crippen LogP contribution in [-0.4, -0.2) is 29.3 Å². The van der Waals surface area contributed by atoms with Crippen LogP contribution in [0.5, 0.6) is 0 Å². The lowest BCUT2D eigenvalue weighted by atomic mass is 10.3. The minimum absolute atomic E-state index is 0.281. The highest BCUT2D eigenvalue weighted by Gasteiger charge is 1.92. The summed E-state index contributed by atoms with van der Waals surface area (Å²) in [5.41, 5.74) is 5.50. The largest absolute Gasteiger partial charge is 0.396 e. The van der Waals surface area contributed by atoms with Crippen LogP contribution >= 0.6 is 11.8 Å². The standard InChI is InChI=1S/C6H15NOS/c1-6(7)2-4-9-5-3-8/h6,8H,2-5,7H2,1H3. The number of aliphatic hydroxyl groups excluding tert-OH is 1. The summed E-state index contributed by atoms with van der Waals surface area (Å²) in [6, 6.07) is 0.302. The lowest BCUT2D eigenvalue weighted by Crippen LogP contribution is -2.15. The minimum Gasteiger partial charge on any atom is -0.396 e. The van der Waals surface area contributed by atoms with Gasteiger partial charge in [-0.05, 0) is 19.1 Å². The maximum atomic E-state index is 8.38. The van der Waals surface area contributed by atoms with Crippen LogP contribution in [0.3, 0.4) is 0 Å². The lowest BCUT2D eigenvalue weighted by Gasteiger charge is -2.02. The van der Waals surface area contributed by atoms with Crippen LogP contribution in [0.1, 0.15) is 13.3 Å². The molecule has 0 aliphatic carbocycles. The van der Waals surface area contributed by atoms with E-state index in [1.165, 1.54) is 0 Å². The van der Waals surface area contributed by atoms with Gasteiger partial charge in [-0.25, -0.2) is 0 Å². The first kappa shape index (κ1) is 9.27. The smallest absolute Gasteiger partial charge is 0.0521 e. The van der Waals surface area contributed by atoms with Crippen LogP contribution in [0, 0.1) is 0 Å². The van der Waals surface area contributed by atoms with Gasteiger partial charge in [0.05, 0.1) is 6.61 Å². The van der Waals surface area contributed by atoms with E-state index in [1.807, 2.05) is 6.92 Å². The van der Waals surface area contributed by atoms with E-state index in [0.29, 0.717) is 6.04 Å². The van der Waals surface area contributed by atoms with Crippen molar-refractivity contribution in [1.82, 2.24) is 0 Å². The molecular formula is C6H15NOS. The summed E-state index contributed by atoms with van der Waals surface area (Å²) in [5.74, 6) is 1.91. The molecule has 0 aliphatic heterocycles. The second-order valence-corrected chi connectivity index (χ2v) is 3.33. The average molecular weight is 149 g/mol. The van der Waals surface area contributed by atoms with Crippen LogP contribution in [0.4, 0.5) is 0 Å². The first-order valence-corrected chi connectivity index (χ1v) is 4.37. The van der Waals surface area contributed by atoms with Crippen molar-refractivity contribution in [3.8, 4) is 0 Å². The molecule has 3 N–H and O–H groups in total. The van der Waals surface area contributed by atoms with Gasteiger partial charge in [0.25, 0.3) is 0 Å². The topological polar surface area (TPSA) is 46.2 Å². The second-order valence-electron chi connectivity index (χ2n) is 2.10. The maximum Gasteiger partial charge on any atom is 0.0521 e. The van der Waals surface area contributed by atoms with Gasteiger partial charge in [0, 0.05) is 11.8 Å². The molecule has 0 heterocycles. The third kappa shape index (κ3) is 8.27. The first-order valence-electron chi connectivity index (χ1n) is 3.21. The SMILES string of the molecule is CC(N)CCSCCO. The number of hydrogen-bond acceptors (Lipinski definition) is 3. The highest BCUT2D eigenvalue weighted by atomic mass is 32.2. The normalized spacial score (nSPS) is 13.7. The zero-order valence-electron chi connectivity index (χ0n) is 5.84. The number of nitrogens with two attached hydrogens (primary N) is 1. The summed E-state index contributed by atoms with van der Waals surface area (Å²) in [4.78, 5) is 0. The molecule has 0 aromatic carbocycles. The molecule has 1 unspecified atom stereocenters. The Morgan fingerprint density at radius 3 is 2.67 bits per heavy atom. The van der Waals surface area contributed by atoms with Crippen molar-refractivity contribution < 1.29 is 5.11 Å². The number of hydrogen-bond donors (Lipinski definition) is 2. The van der Waals surface area contributed by atoms with E-state index in [0.717, 1.165) is 17.9 Å². The summed E-state index contributed by atoms with van der Waals surface area (Å²) in [7, 11) is 0. The van der Waals surface area contributed by atoms with Crippen LogP contribution < -0.4 is 5.73 Å². The van der Waals surface area contributed by atoms with E-state index in [1.54, 1.807) is 11.8 Å². The van der Waals surface area contributed by atoms with E-state index in [9.17, 15) is 0 Å². The zero-order chi connectivity index (χ0) is 7.11. The Bertz CT molecular complexity index is 59.0. The summed E-state index contributed by atoms with van der Waals surface area (Å²) in [6.45, 7) is 2.28. The van der Waals surface area contributed by atoms with Gasteiger partial charge in [-0.3, -0.25) is 0 Å². The van der Waals surface area contributed by atoms with Gasteiger partial charge < -0.3 is 10.8 Å². The number of rotatable bonds is 5. The molecule has 0 rings (SSSR count). The molecular weight excluding hydrogens is 134 g/mol. The van der Waals surface area contributed by atoms with Gasteiger partial charge in [0.15, 0.2) is 0 Å². The molecule has 0 bridgehead atoms. The molecule has 0 fully saturated rings. The van der Waals surface area contributed by atoms with Gasteiger partial charge in [0.1, 0.15) is 0 Å². The Kier molecular flexibility index (Phi) is 6.58. The maximum absolute atomic E-state index is 8.38. The van der Waals surface area contributed by atoms with Crippen molar-refractivity contribution in [2.24, 2.45) is 5.73 Å². The molecule has 0 saturated heterocycles. The highest BCUT2D eigenvalue weighted by molar-refractivity contribution is 7.99. The summed E-state index contributed by atoms with van der Waals surface area (Å²) < 4.78 is 0. The molecule has 0 amide bonds. The summed E-state index contributed by atoms with van der Waals surface area (Å²) in [5, 5.41) is 8.38. The first-order chi connectivity index (χ1) is 4.27. The van der Waals surface area contributed by atoms with Crippen LogP contribution in [0.25, 0.3) is 0 Å². The average Bonchev–Trinajstić information content (AvgIpc) is 1.80. The van der Waals surface area contributed by atoms with Crippen LogP contribution in [0.15, 0.2) is 0 Å². The van der Waals surface area contributed by atoms with Gasteiger partial charge in [-0.2, -0.15) is 11.8 Å². The van der Waals surface area contributed by atoms with E-state index in [-0.39, 0.29) is 6.61 Å². The number of aliphatic hydroxyl groups is 1. The van der Waals surface area contributed by atoms with Crippen LogP contribution in [-0.2, 0) is 0 Å². The fourth-order valence-corrected chi connectivity index (χ4v) is 1.31. The van der Waals surface area contributed by atoms with E-state index in [2.05, 4.69) is 0 Å². The Morgan fingerprint density at radius 2 is 2.22 bits per heavy atom. The third-order valence-electron chi connectivity index (χ3n) is 0.953. The summed E-state index contributed by atoms with van der Waals surface area (Å²) >= 11 is 1.75. The van der Waals surface area contributed by atoms with Gasteiger partial charge in [-0.1, -0.05) is 0 Å². The third-order valence-corrected chi connectivity index (χ3v) is 1.95. The Labute approximate surface area is 60.8 Å². The highest BCUT2D eigenvalue weighted by Crippen LogP contribution is 2.01. The van der Waals surface area contributed by atoms with Crippen molar-refractivity contribution in [3.05, 3.63) is 0 Å². The van der Waals surface area contributed by atoms with Crippen molar-refractivity contribution in [2.75, 3.05) is 18.1 Å².